The van der Waals surface area contributed by atoms with Gasteiger partial charge in [0, 0.05) is 5.56 Å². The zero-order valence-corrected chi connectivity index (χ0v) is 11.4. The summed E-state index contributed by atoms with van der Waals surface area (Å²) in [6.07, 6.45) is 0.853. The molecule has 0 aliphatic heterocycles. The Hall–Kier alpha value is -0.580. The fourth-order valence-corrected chi connectivity index (χ4v) is 2.10. The smallest absolute Gasteiger partial charge is 0.160 e. The quantitative estimate of drug-likeness (QED) is 0.628. The SMILES string of the molecule is CCOc1cc(CC)c(C(C)=O)cc1I. The lowest BCUT2D eigenvalue weighted by Gasteiger charge is -2.11. The Morgan fingerprint density at radius 2 is 2.07 bits per heavy atom. The third-order valence-corrected chi connectivity index (χ3v) is 3.06. The molecule has 0 aromatic heterocycles. The van der Waals surface area contributed by atoms with Crippen molar-refractivity contribution in [2.75, 3.05) is 6.61 Å². The number of ketones is 1. The van der Waals surface area contributed by atoms with Gasteiger partial charge in [-0.1, -0.05) is 6.92 Å². The standard InChI is InChI=1S/C12H15IO2/c1-4-9-6-12(15-5-2)11(13)7-10(9)8(3)14/h6-7H,4-5H2,1-3H3. The minimum absolute atomic E-state index is 0.118. The maximum Gasteiger partial charge on any atom is 0.160 e. The number of Topliss-reactive ketones (excluding diaryl/α,β-unsaturated/α-hetero) is 1. The highest BCUT2D eigenvalue weighted by Gasteiger charge is 2.10. The number of carbonyl (C=O) groups excluding carboxylic acids is 1. The first-order valence-electron chi connectivity index (χ1n) is 5.06. The monoisotopic (exact) mass is 318 g/mol. The third-order valence-electron chi connectivity index (χ3n) is 2.22. The van der Waals surface area contributed by atoms with Gasteiger partial charge >= 0.3 is 0 Å². The number of ether oxygens (including phenoxy) is 1. The van der Waals surface area contributed by atoms with Gasteiger partial charge in [-0.25, -0.2) is 0 Å². The molecule has 0 unspecified atom stereocenters. The van der Waals surface area contributed by atoms with Gasteiger partial charge in [-0.15, -0.1) is 0 Å². The molecule has 0 spiro atoms. The van der Waals surface area contributed by atoms with Crippen LogP contribution in [0.5, 0.6) is 5.75 Å². The van der Waals surface area contributed by atoms with E-state index in [1.54, 1.807) is 6.92 Å². The van der Waals surface area contributed by atoms with E-state index in [0.717, 1.165) is 26.9 Å². The molecule has 0 atom stereocenters. The molecule has 0 N–H and O–H groups in total. The van der Waals surface area contributed by atoms with Gasteiger partial charge in [-0.05, 0) is 60.6 Å². The fourth-order valence-electron chi connectivity index (χ4n) is 1.48. The molecule has 82 valence electrons. The van der Waals surface area contributed by atoms with Gasteiger partial charge in [-0.2, -0.15) is 0 Å². The molecule has 1 aromatic rings. The van der Waals surface area contributed by atoms with E-state index in [1.807, 2.05) is 26.0 Å². The molecule has 0 aliphatic rings. The molecule has 0 heterocycles. The zero-order chi connectivity index (χ0) is 11.4. The van der Waals surface area contributed by atoms with E-state index in [-0.39, 0.29) is 5.78 Å². The Balaban J connectivity index is 3.22. The molecule has 0 fully saturated rings. The van der Waals surface area contributed by atoms with E-state index in [1.165, 1.54) is 0 Å². The second kappa shape index (κ2) is 5.49. The summed E-state index contributed by atoms with van der Waals surface area (Å²) < 4.78 is 6.49. The highest BCUT2D eigenvalue weighted by atomic mass is 127. The maximum atomic E-state index is 11.4. The van der Waals surface area contributed by atoms with Crippen LogP contribution >= 0.6 is 22.6 Å². The van der Waals surface area contributed by atoms with Gasteiger partial charge in [0.2, 0.25) is 0 Å². The van der Waals surface area contributed by atoms with Crippen molar-refractivity contribution in [1.29, 1.82) is 0 Å². The lowest BCUT2D eigenvalue weighted by molar-refractivity contribution is 0.101. The number of hydrogen-bond acceptors (Lipinski definition) is 2. The average Bonchev–Trinajstić information content (AvgIpc) is 2.20. The minimum atomic E-state index is 0.118. The first-order chi connectivity index (χ1) is 7.10. The lowest BCUT2D eigenvalue weighted by Crippen LogP contribution is -2.02. The van der Waals surface area contributed by atoms with Gasteiger partial charge in [-0.3, -0.25) is 4.79 Å². The Morgan fingerprint density at radius 1 is 1.40 bits per heavy atom. The number of aryl methyl sites for hydroxylation is 1. The molecule has 0 bridgehead atoms. The van der Waals surface area contributed by atoms with Gasteiger partial charge in [0.25, 0.3) is 0 Å². The Kier molecular flexibility index (Phi) is 4.57. The molecular formula is C12H15IO2. The van der Waals surface area contributed by atoms with Crippen LogP contribution in [-0.2, 0) is 6.42 Å². The van der Waals surface area contributed by atoms with Crippen LogP contribution in [0.25, 0.3) is 0 Å². The largest absolute Gasteiger partial charge is 0.493 e. The van der Waals surface area contributed by atoms with Crippen LogP contribution in [0.2, 0.25) is 0 Å². The van der Waals surface area contributed by atoms with Crippen molar-refractivity contribution in [2.24, 2.45) is 0 Å². The summed E-state index contributed by atoms with van der Waals surface area (Å²) in [4.78, 5) is 11.4. The molecule has 0 radical (unpaired) electrons. The summed E-state index contributed by atoms with van der Waals surface area (Å²) in [5.74, 6) is 0.993. The zero-order valence-electron chi connectivity index (χ0n) is 9.26. The first-order valence-corrected chi connectivity index (χ1v) is 6.14. The Morgan fingerprint density at radius 3 is 2.53 bits per heavy atom. The molecule has 0 aliphatic carbocycles. The van der Waals surface area contributed by atoms with Crippen molar-refractivity contribution < 1.29 is 9.53 Å². The summed E-state index contributed by atoms with van der Waals surface area (Å²) >= 11 is 2.20. The van der Waals surface area contributed by atoms with E-state index in [9.17, 15) is 4.79 Å². The summed E-state index contributed by atoms with van der Waals surface area (Å²) in [7, 11) is 0. The van der Waals surface area contributed by atoms with Crippen LogP contribution in [0.4, 0.5) is 0 Å². The molecule has 1 rings (SSSR count). The van der Waals surface area contributed by atoms with E-state index in [2.05, 4.69) is 22.6 Å². The third kappa shape index (κ3) is 2.93. The van der Waals surface area contributed by atoms with E-state index in [4.69, 9.17) is 4.74 Å². The van der Waals surface area contributed by atoms with E-state index >= 15 is 0 Å². The van der Waals surface area contributed by atoms with Crippen molar-refractivity contribution >= 4 is 28.4 Å². The number of rotatable bonds is 4. The van der Waals surface area contributed by atoms with Crippen LogP contribution in [0, 0.1) is 3.57 Å². The Bertz CT molecular complexity index is 372. The summed E-state index contributed by atoms with van der Waals surface area (Å²) in [5, 5.41) is 0. The van der Waals surface area contributed by atoms with Crippen molar-refractivity contribution in [3.8, 4) is 5.75 Å². The minimum Gasteiger partial charge on any atom is -0.493 e. The maximum absolute atomic E-state index is 11.4. The first kappa shape index (κ1) is 12.5. The van der Waals surface area contributed by atoms with Crippen molar-refractivity contribution in [2.45, 2.75) is 27.2 Å². The highest BCUT2D eigenvalue weighted by Crippen LogP contribution is 2.26. The highest BCUT2D eigenvalue weighted by molar-refractivity contribution is 14.1. The van der Waals surface area contributed by atoms with Gasteiger partial charge in [0.1, 0.15) is 5.75 Å². The predicted molar refractivity (Wildman–Crippen MR) is 69.7 cm³/mol. The second-order valence-corrected chi connectivity index (χ2v) is 4.44. The van der Waals surface area contributed by atoms with Crippen LogP contribution < -0.4 is 4.74 Å². The van der Waals surface area contributed by atoms with E-state index < -0.39 is 0 Å². The number of hydrogen-bond donors (Lipinski definition) is 0. The molecular weight excluding hydrogens is 303 g/mol. The Labute approximate surface area is 104 Å². The number of benzene rings is 1. The van der Waals surface area contributed by atoms with Crippen molar-refractivity contribution in [3.05, 3.63) is 26.8 Å². The molecule has 1 aromatic carbocycles. The summed E-state index contributed by atoms with van der Waals surface area (Å²) in [6.45, 7) is 6.26. The molecule has 0 saturated carbocycles. The topological polar surface area (TPSA) is 26.3 Å². The molecule has 15 heavy (non-hydrogen) atoms. The molecule has 0 amide bonds. The molecule has 3 heteroatoms. The summed E-state index contributed by atoms with van der Waals surface area (Å²) in [6, 6.07) is 3.88. The second-order valence-electron chi connectivity index (χ2n) is 3.28. The predicted octanol–water partition coefficient (Wildman–Crippen LogP) is 3.45. The van der Waals surface area contributed by atoms with Crippen LogP contribution in [0.15, 0.2) is 12.1 Å². The van der Waals surface area contributed by atoms with Crippen molar-refractivity contribution in [3.63, 3.8) is 0 Å². The number of carbonyl (C=O) groups is 1. The molecule has 2 nitrogen and oxygen atoms in total. The number of halogens is 1. The lowest BCUT2D eigenvalue weighted by atomic mass is 10.0. The van der Waals surface area contributed by atoms with Crippen LogP contribution in [0.3, 0.4) is 0 Å². The van der Waals surface area contributed by atoms with Gasteiger partial charge in [0.15, 0.2) is 5.78 Å². The van der Waals surface area contributed by atoms with Crippen LogP contribution in [-0.4, -0.2) is 12.4 Å². The van der Waals surface area contributed by atoms with Crippen LogP contribution in [0.1, 0.15) is 36.7 Å². The fraction of sp³-hybridized carbons (Fsp3) is 0.417. The normalized spacial score (nSPS) is 10.1. The summed E-state index contributed by atoms with van der Waals surface area (Å²) in [5.41, 5.74) is 1.87. The average molecular weight is 318 g/mol. The van der Waals surface area contributed by atoms with E-state index in [0.29, 0.717) is 6.61 Å². The van der Waals surface area contributed by atoms with Crippen molar-refractivity contribution in [1.82, 2.24) is 0 Å². The molecule has 0 saturated heterocycles. The van der Waals surface area contributed by atoms with Gasteiger partial charge < -0.3 is 4.74 Å². The van der Waals surface area contributed by atoms with Gasteiger partial charge in [0.05, 0.1) is 10.2 Å².